The molecule has 32 heavy (non-hydrogen) atoms. The van der Waals surface area contributed by atoms with Crippen molar-refractivity contribution >= 4 is 0 Å². The Morgan fingerprint density at radius 1 is 0.375 bits per heavy atom. The van der Waals surface area contributed by atoms with Crippen molar-refractivity contribution in [3.8, 4) is 0 Å². The van der Waals surface area contributed by atoms with E-state index in [0.717, 1.165) is 0 Å². The zero-order valence-electron chi connectivity index (χ0n) is 22.0. The van der Waals surface area contributed by atoms with Crippen LogP contribution in [-0.2, 0) is 0 Å². The first-order valence-electron chi connectivity index (χ1n) is 14.4. The van der Waals surface area contributed by atoms with Crippen molar-refractivity contribution in [1.82, 2.24) is 0 Å². The van der Waals surface area contributed by atoms with Crippen molar-refractivity contribution in [3.63, 3.8) is 0 Å². The molecule has 2 aliphatic rings. The van der Waals surface area contributed by atoms with Crippen molar-refractivity contribution in [2.75, 3.05) is 52.4 Å². The summed E-state index contributed by atoms with van der Waals surface area (Å²) in [6.45, 7) is 16.5. The summed E-state index contributed by atoms with van der Waals surface area (Å²) >= 11 is 0. The van der Waals surface area contributed by atoms with E-state index in [0.29, 0.717) is 0 Å². The van der Waals surface area contributed by atoms with Crippen molar-refractivity contribution < 1.29 is 33.8 Å². The zero-order chi connectivity index (χ0) is 21.4. The first kappa shape index (κ1) is 32.5. The highest BCUT2D eigenvalue weighted by molar-refractivity contribution is 4.58. The number of hydrogen-bond acceptors (Lipinski definition) is 0. The molecule has 2 aliphatic heterocycles. The fourth-order valence-corrected chi connectivity index (χ4v) is 6.43. The second-order valence-corrected chi connectivity index (χ2v) is 11.1. The van der Waals surface area contributed by atoms with Crippen LogP contribution in [0, 0.1) is 0 Å². The Labute approximate surface area is 215 Å². The standard InChI is InChI=1S/C28H58N2.2ClH/c1-3-5-21-29(25-17-18-26-29)23-15-13-11-9-7-8-10-12-14-16-24-30(22-6-4-2)27-19-20-28-30;;/h3-28H2,1-2H3;2*1H/q+2;;/p-2. The maximum atomic E-state index is 2.35. The summed E-state index contributed by atoms with van der Waals surface area (Å²) in [6, 6.07) is 0. The monoisotopic (exact) mass is 492 g/mol. The summed E-state index contributed by atoms with van der Waals surface area (Å²) in [5.74, 6) is 0. The minimum Gasteiger partial charge on any atom is -1.00 e. The summed E-state index contributed by atoms with van der Waals surface area (Å²) in [5, 5.41) is 0. The molecule has 0 amide bonds. The van der Waals surface area contributed by atoms with Gasteiger partial charge in [0.15, 0.2) is 0 Å². The highest BCUT2D eigenvalue weighted by Crippen LogP contribution is 2.23. The van der Waals surface area contributed by atoms with Gasteiger partial charge < -0.3 is 33.8 Å². The normalized spacial score (nSPS) is 18.9. The SMILES string of the molecule is CCCC[N+]1(CCCCCCCCCCCC[N+]2(CCCC)CCCC2)CCCC1.[Cl-].[Cl-]. The van der Waals surface area contributed by atoms with E-state index in [2.05, 4.69) is 13.8 Å². The minimum atomic E-state index is 0. The van der Waals surface area contributed by atoms with Crippen LogP contribution in [0.15, 0.2) is 0 Å². The minimum absolute atomic E-state index is 0. The topological polar surface area (TPSA) is 0 Å². The molecule has 0 bridgehead atoms. The van der Waals surface area contributed by atoms with Crippen LogP contribution >= 0.6 is 0 Å². The van der Waals surface area contributed by atoms with E-state index in [1.54, 1.807) is 0 Å². The Kier molecular flexibility index (Phi) is 20.1. The van der Waals surface area contributed by atoms with Crippen LogP contribution in [0.3, 0.4) is 0 Å². The Morgan fingerprint density at radius 2 is 0.625 bits per heavy atom. The summed E-state index contributed by atoms with van der Waals surface area (Å²) < 4.78 is 2.96. The molecule has 0 atom stereocenters. The molecule has 4 heteroatoms. The quantitative estimate of drug-likeness (QED) is 0.190. The first-order valence-corrected chi connectivity index (χ1v) is 14.4. The number of likely N-dealkylation sites (tertiary alicyclic amines) is 2. The number of rotatable bonds is 19. The smallest absolute Gasteiger partial charge is 0.0788 e. The van der Waals surface area contributed by atoms with E-state index in [-0.39, 0.29) is 24.8 Å². The van der Waals surface area contributed by atoms with E-state index in [1.165, 1.54) is 177 Å². The van der Waals surface area contributed by atoms with Gasteiger partial charge >= 0.3 is 0 Å². The van der Waals surface area contributed by atoms with E-state index in [1.807, 2.05) is 0 Å². The van der Waals surface area contributed by atoms with Crippen LogP contribution in [0.1, 0.15) is 129 Å². The van der Waals surface area contributed by atoms with Gasteiger partial charge in [0.1, 0.15) is 0 Å². The van der Waals surface area contributed by atoms with Gasteiger partial charge in [0.2, 0.25) is 0 Å². The average molecular weight is 494 g/mol. The molecule has 0 aromatic rings. The number of halogens is 2. The summed E-state index contributed by atoms with van der Waals surface area (Å²) in [5.41, 5.74) is 0. The van der Waals surface area contributed by atoms with Gasteiger partial charge in [-0.3, -0.25) is 0 Å². The third-order valence-electron chi connectivity index (χ3n) is 8.52. The lowest BCUT2D eigenvalue weighted by molar-refractivity contribution is -0.917. The molecule has 0 N–H and O–H groups in total. The molecule has 194 valence electrons. The van der Waals surface area contributed by atoms with Gasteiger partial charge in [-0.05, 0) is 38.5 Å². The lowest BCUT2D eigenvalue weighted by Crippen LogP contribution is -3.00. The second kappa shape index (κ2) is 19.8. The van der Waals surface area contributed by atoms with Gasteiger partial charge in [0, 0.05) is 25.7 Å². The lowest BCUT2D eigenvalue weighted by atomic mass is 10.1. The number of nitrogens with zero attached hydrogens (tertiary/aromatic N) is 2. The van der Waals surface area contributed by atoms with Crippen molar-refractivity contribution in [2.45, 2.75) is 129 Å². The molecule has 2 nitrogen and oxygen atoms in total. The second-order valence-electron chi connectivity index (χ2n) is 11.1. The van der Waals surface area contributed by atoms with Crippen LogP contribution in [0.2, 0.25) is 0 Å². The van der Waals surface area contributed by atoms with E-state index in [9.17, 15) is 0 Å². The average Bonchev–Trinajstić information content (AvgIpc) is 3.42. The van der Waals surface area contributed by atoms with Crippen molar-refractivity contribution in [3.05, 3.63) is 0 Å². The van der Waals surface area contributed by atoms with E-state index < -0.39 is 0 Å². The van der Waals surface area contributed by atoms with Crippen LogP contribution < -0.4 is 24.8 Å². The van der Waals surface area contributed by atoms with Crippen molar-refractivity contribution in [2.24, 2.45) is 0 Å². The molecule has 0 aromatic carbocycles. The molecule has 2 fully saturated rings. The van der Waals surface area contributed by atoms with Crippen LogP contribution in [0.4, 0.5) is 0 Å². The largest absolute Gasteiger partial charge is 1.00 e. The molecule has 0 spiro atoms. The molecule has 2 saturated heterocycles. The fraction of sp³-hybridized carbons (Fsp3) is 1.00. The van der Waals surface area contributed by atoms with Crippen molar-refractivity contribution in [1.29, 1.82) is 0 Å². The molecule has 0 unspecified atom stereocenters. The van der Waals surface area contributed by atoms with Gasteiger partial charge in [-0.25, -0.2) is 0 Å². The Hall–Kier alpha value is 0.500. The molecule has 2 rings (SSSR count). The third-order valence-corrected chi connectivity index (χ3v) is 8.52. The molecular formula is C28H58Cl2N2. The Bertz CT molecular complexity index is 366. The predicted molar refractivity (Wildman–Crippen MR) is 134 cm³/mol. The van der Waals surface area contributed by atoms with Gasteiger partial charge in [-0.2, -0.15) is 0 Å². The molecule has 0 radical (unpaired) electrons. The molecular weight excluding hydrogens is 435 g/mol. The molecule has 0 aromatic heterocycles. The number of quaternary nitrogens is 2. The maximum Gasteiger partial charge on any atom is 0.0788 e. The van der Waals surface area contributed by atoms with Gasteiger partial charge in [0.25, 0.3) is 0 Å². The summed E-state index contributed by atoms with van der Waals surface area (Å²) in [6.07, 6.45) is 26.5. The fourth-order valence-electron chi connectivity index (χ4n) is 6.43. The maximum absolute atomic E-state index is 2.35. The van der Waals surface area contributed by atoms with Gasteiger partial charge in [-0.1, -0.05) is 65.2 Å². The predicted octanol–water partition coefficient (Wildman–Crippen LogP) is 1.72. The highest BCUT2D eigenvalue weighted by atomic mass is 35.5. The van der Waals surface area contributed by atoms with Crippen LogP contribution in [-0.4, -0.2) is 61.3 Å². The van der Waals surface area contributed by atoms with Crippen LogP contribution in [0.5, 0.6) is 0 Å². The molecule has 0 aliphatic carbocycles. The van der Waals surface area contributed by atoms with Crippen LogP contribution in [0.25, 0.3) is 0 Å². The first-order chi connectivity index (χ1) is 14.7. The number of hydrogen-bond donors (Lipinski definition) is 0. The van der Waals surface area contributed by atoms with E-state index >= 15 is 0 Å². The molecule has 2 heterocycles. The summed E-state index contributed by atoms with van der Waals surface area (Å²) in [7, 11) is 0. The Morgan fingerprint density at radius 3 is 0.906 bits per heavy atom. The lowest BCUT2D eigenvalue weighted by Gasteiger charge is -2.34. The Balaban J connectivity index is 0.00000480. The van der Waals surface area contributed by atoms with Gasteiger partial charge in [-0.15, -0.1) is 0 Å². The zero-order valence-corrected chi connectivity index (χ0v) is 23.5. The molecule has 0 saturated carbocycles. The number of unbranched alkanes of at least 4 members (excludes halogenated alkanes) is 11. The highest BCUT2D eigenvalue weighted by Gasteiger charge is 2.31. The third kappa shape index (κ3) is 12.8. The van der Waals surface area contributed by atoms with Gasteiger partial charge in [0.05, 0.1) is 52.4 Å². The van der Waals surface area contributed by atoms with E-state index in [4.69, 9.17) is 0 Å². The summed E-state index contributed by atoms with van der Waals surface area (Å²) in [4.78, 5) is 0.